The van der Waals surface area contributed by atoms with E-state index in [1.165, 1.54) is 47.4 Å². The third-order valence-corrected chi connectivity index (χ3v) is 5.03. The molecule has 1 aliphatic heterocycles. The number of benzene rings is 1. The van der Waals surface area contributed by atoms with Crippen LogP contribution in [0.15, 0.2) is 46.7 Å². The van der Waals surface area contributed by atoms with Crippen molar-refractivity contribution in [2.24, 2.45) is 0 Å². The Morgan fingerprint density at radius 2 is 1.86 bits per heavy atom. The predicted molar refractivity (Wildman–Crippen MR) is 88.3 cm³/mol. The molecule has 2 amide bonds. The monoisotopic (exact) mass is 333 g/mol. The zero-order valence-electron chi connectivity index (χ0n) is 11.7. The van der Waals surface area contributed by atoms with Crippen LogP contribution in [0.4, 0.5) is 10.1 Å². The van der Waals surface area contributed by atoms with Gasteiger partial charge in [-0.3, -0.25) is 9.59 Å². The van der Waals surface area contributed by atoms with E-state index >= 15 is 0 Å². The maximum absolute atomic E-state index is 13.1. The minimum Gasteiger partial charge on any atom is -0.268 e. The Balaban J connectivity index is 2.06. The number of hydrogen-bond donors (Lipinski definition) is 0. The fourth-order valence-corrected chi connectivity index (χ4v) is 3.93. The molecule has 1 aromatic heterocycles. The van der Waals surface area contributed by atoms with E-state index in [-0.39, 0.29) is 11.8 Å². The number of imide groups is 1. The van der Waals surface area contributed by atoms with E-state index in [0.717, 1.165) is 9.78 Å². The second-order valence-corrected chi connectivity index (χ2v) is 6.76. The summed E-state index contributed by atoms with van der Waals surface area (Å²) in [5.74, 6) is -0.403. The van der Waals surface area contributed by atoms with Crippen LogP contribution >= 0.6 is 23.1 Å². The number of anilines is 1. The molecule has 0 fully saturated rings. The van der Waals surface area contributed by atoms with Crippen molar-refractivity contribution >= 4 is 46.2 Å². The van der Waals surface area contributed by atoms with Gasteiger partial charge < -0.3 is 0 Å². The summed E-state index contributed by atoms with van der Waals surface area (Å²) in [4.78, 5) is 27.7. The Bertz CT molecular complexity index is 751. The van der Waals surface area contributed by atoms with Gasteiger partial charge in [-0.15, -0.1) is 23.1 Å². The van der Waals surface area contributed by atoms with Crippen LogP contribution in [-0.2, 0) is 9.59 Å². The van der Waals surface area contributed by atoms with E-state index in [1.807, 2.05) is 24.4 Å². The fraction of sp³-hybridized carbons (Fsp3) is 0.125. The molecule has 0 spiro atoms. The van der Waals surface area contributed by atoms with Gasteiger partial charge in [-0.05, 0) is 41.5 Å². The van der Waals surface area contributed by atoms with Gasteiger partial charge in [-0.2, -0.15) is 0 Å². The van der Waals surface area contributed by atoms with Crippen molar-refractivity contribution in [2.45, 2.75) is 6.92 Å². The number of thiophene rings is 1. The largest absolute Gasteiger partial charge is 0.272 e. The van der Waals surface area contributed by atoms with Crippen molar-refractivity contribution < 1.29 is 14.0 Å². The average Bonchev–Trinajstić information content (AvgIpc) is 3.09. The predicted octanol–water partition coefficient (Wildman–Crippen LogP) is 3.92. The van der Waals surface area contributed by atoms with Gasteiger partial charge in [0.1, 0.15) is 5.82 Å². The number of carbonyl (C=O) groups excluding carboxylic acids is 2. The molecule has 0 atom stereocenters. The molecule has 0 saturated heterocycles. The molecule has 22 heavy (non-hydrogen) atoms. The Morgan fingerprint density at radius 3 is 2.45 bits per heavy atom. The summed E-state index contributed by atoms with van der Waals surface area (Å²) in [5, 5.41) is 1.87. The number of nitrogens with zero attached hydrogens (tertiary/aromatic N) is 1. The highest BCUT2D eigenvalue weighted by Crippen LogP contribution is 2.39. The van der Waals surface area contributed by atoms with E-state index in [9.17, 15) is 14.0 Å². The van der Waals surface area contributed by atoms with Crippen molar-refractivity contribution in [2.75, 3.05) is 10.7 Å². The van der Waals surface area contributed by atoms with Crippen LogP contribution in [0.1, 0.15) is 11.8 Å². The molecule has 1 aliphatic rings. The lowest BCUT2D eigenvalue weighted by molar-refractivity contribution is -0.119. The first-order chi connectivity index (χ1) is 10.6. The van der Waals surface area contributed by atoms with Crippen LogP contribution in [0.25, 0.3) is 5.57 Å². The molecule has 0 saturated carbocycles. The molecule has 2 heterocycles. The van der Waals surface area contributed by atoms with Crippen LogP contribution in [-0.4, -0.2) is 17.6 Å². The van der Waals surface area contributed by atoms with Crippen molar-refractivity contribution in [3.05, 3.63) is 57.4 Å². The quantitative estimate of drug-likeness (QED) is 0.796. The number of carbonyl (C=O) groups is 2. The molecule has 3 rings (SSSR count). The maximum Gasteiger partial charge on any atom is 0.272 e. The second-order valence-electron chi connectivity index (χ2n) is 4.54. The molecular formula is C16H12FNO2S2. The Morgan fingerprint density at radius 1 is 1.14 bits per heavy atom. The molecule has 0 unspecified atom stereocenters. The summed E-state index contributed by atoms with van der Waals surface area (Å²) in [6.45, 7) is 1.93. The number of thioether (sulfide) groups is 1. The highest BCUT2D eigenvalue weighted by Gasteiger charge is 2.40. The Hall–Kier alpha value is -1.92. The highest BCUT2D eigenvalue weighted by molar-refractivity contribution is 8.04. The summed E-state index contributed by atoms with van der Waals surface area (Å²) in [6, 6.07) is 9.04. The summed E-state index contributed by atoms with van der Waals surface area (Å²) in [7, 11) is 0. The normalized spacial score (nSPS) is 15.1. The first-order valence-electron chi connectivity index (χ1n) is 6.68. The zero-order chi connectivity index (χ0) is 15.7. The van der Waals surface area contributed by atoms with E-state index in [4.69, 9.17) is 0 Å². The minimum absolute atomic E-state index is 0.341. The number of amides is 2. The smallest absolute Gasteiger partial charge is 0.268 e. The molecule has 0 radical (unpaired) electrons. The molecule has 0 N–H and O–H groups in total. The number of rotatable bonds is 4. The molecule has 112 valence electrons. The lowest BCUT2D eigenvalue weighted by Crippen LogP contribution is -2.31. The van der Waals surface area contributed by atoms with Crippen molar-refractivity contribution in [3.8, 4) is 0 Å². The lowest BCUT2D eigenvalue weighted by Gasteiger charge is -2.14. The van der Waals surface area contributed by atoms with Gasteiger partial charge in [0.25, 0.3) is 11.8 Å². The van der Waals surface area contributed by atoms with Gasteiger partial charge in [-0.25, -0.2) is 9.29 Å². The second kappa shape index (κ2) is 6.06. The van der Waals surface area contributed by atoms with Crippen molar-refractivity contribution in [1.29, 1.82) is 0 Å². The maximum atomic E-state index is 13.1. The third-order valence-electron chi connectivity index (χ3n) is 3.18. The first kappa shape index (κ1) is 15.0. The summed E-state index contributed by atoms with van der Waals surface area (Å²) in [6.07, 6.45) is 0. The molecule has 0 aliphatic carbocycles. The van der Waals surface area contributed by atoms with Crippen LogP contribution in [0.5, 0.6) is 0 Å². The summed E-state index contributed by atoms with van der Waals surface area (Å²) in [5.41, 5.74) is 0.827. The van der Waals surface area contributed by atoms with Gasteiger partial charge in [0, 0.05) is 4.88 Å². The van der Waals surface area contributed by atoms with Crippen LogP contribution < -0.4 is 4.90 Å². The van der Waals surface area contributed by atoms with Crippen LogP contribution in [0.2, 0.25) is 0 Å². The van der Waals surface area contributed by atoms with E-state index in [0.29, 0.717) is 21.9 Å². The zero-order valence-corrected chi connectivity index (χ0v) is 13.3. The van der Waals surface area contributed by atoms with Gasteiger partial charge in [0.2, 0.25) is 0 Å². The van der Waals surface area contributed by atoms with Crippen molar-refractivity contribution in [1.82, 2.24) is 0 Å². The number of halogens is 1. The average molecular weight is 333 g/mol. The SMILES string of the molecule is CCSC1=C(c2cccs2)C(=O)N(c2ccc(F)cc2)C1=O. The minimum atomic E-state index is -0.405. The third kappa shape index (κ3) is 2.48. The molecule has 0 bridgehead atoms. The Labute approximate surface area is 135 Å². The molecule has 6 heteroatoms. The van der Waals surface area contributed by atoms with Gasteiger partial charge in [0.15, 0.2) is 0 Å². The van der Waals surface area contributed by atoms with Gasteiger partial charge in [0.05, 0.1) is 16.2 Å². The molecular weight excluding hydrogens is 321 g/mol. The van der Waals surface area contributed by atoms with Gasteiger partial charge in [-0.1, -0.05) is 13.0 Å². The van der Waals surface area contributed by atoms with Crippen LogP contribution in [0.3, 0.4) is 0 Å². The number of hydrogen-bond acceptors (Lipinski definition) is 4. The Kier molecular flexibility index (Phi) is 4.13. The van der Waals surface area contributed by atoms with Gasteiger partial charge >= 0.3 is 0 Å². The topological polar surface area (TPSA) is 37.4 Å². The molecule has 1 aromatic carbocycles. The lowest BCUT2D eigenvalue weighted by atomic mass is 10.2. The highest BCUT2D eigenvalue weighted by atomic mass is 32.2. The summed E-state index contributed by atoms with van der Waals surface area (Å²) < 4.78 is 13.1. The van der Waals surface area contributed by atoms with E-state index < -0.39 is 5.82 Å². The summed E-state index contributed by atoms with van der Waals surface area (Å²) >= 11 is 2.78. The van der Waals surface area contributed by atoms with Crippen LogP contribution in [0, 0.1) is 5.82 Å². The molecule has 2 aromatic rings. The van der Waals surface area contributed by atoms with E-state index in [1.54, 1.807) is 0 Å². The molecule has 3 nitrogen and oxygen atoms in total. The van der Waals surface area contributed by atoms with E-state index in [2.05, 4.69) is 0 Å². The standard InChI is InChI=1S/C16H12FNO2S2/c1-2-21-14-13(12-4-3-9-22-12)15(19)18(16(14)20)11-7-5-10(17)6-8-11/h3-9H,2H2,1H3. The fourth-order valence-electron chi connectivity index (χ4n) is 2.25. The first-order valence-corrected chi connectivity index (χ1v) is 8.55. The van der Waals surface area contributed by atoms with Crippen molar-refractivity contribution in [3.63, 3.8) is 0 Å².